The van der Waals surface area contributed by atoms with Crippen LogP contribution in [-0.4, -0.2) is 25.7 Å². The molecule has 7 heteroatoms. The van der Waals surface area contributed by atoms with Crippen molar-refractivity contribution in [2.45, 2.75) is 33.1 Å². The number of aryl methyl sites for hydroxylation is 1. The van der Waals surface area contributed by atoms with Crippen molar-refractivity contribution >= 4 is 17.3 Å². The van der Waals surface area contributed by atoms with Crippen LogP contribution in [0, 0.1) is 6.92 Å². The molecule has 0 saturated carbocycles. The third-order valence-electron chi connectivity index (χ3n) is 4.04. The van der Waals surface area contributed by atoms with E-state index in [1.165, 1.54) is 6.07 Å². The Bertz CT molecular complexity index is 788. The molecule has 0 aliphatic carbocycles. The SMILES string of the molecule is CCOC(=O)C(C)Oc1ccc(N(C)c2ccc(C(F)(F)F)cc2C)cc1. The van der Waals surface area contributed by atoms with E-state index in [2.05, 4.69) is 0 Å². The molecule has 27 heavy (non-hydrogen) atoms. The molecule has 0 radical (unpaired) electrons. The lowest BCUT2D eigenvalue weighted by atomic mass is 10.1. The minimum Gasteiger partial charge on any atom is -0.479 e. The van der Waals surface area contributed by atoms with Crippen LogP contribution < -0.4 is 9.64 Å². The van der Waals surface area contributed by atoms with Crippen molar-refractivity contribution in [3.8, 4) is 5.75 Å². The van der Waals surface area contributed by atoms with Gasteiger partial charge in [-0.15, -0.1) is 0 Å². The van der Waals surface area contributed by atoms with Gasteiger partial charge in [0.15, 0.2) is 6.10 Å². The Balaban J connectivity index is 2.14. The predicted molar refractivity (Wildman–Crippen MR) is 97.4 cm³/mol. The molecule has 146 valence electrons. The molecule has 0 aliphatic heterocycles. The number of benzene rings is 2. The summed E-state index contributed by atoms with van der Waals surface area (Å²) in [5, 5.41) is 0. The highest BCUT2D eigenvalue weighted by atomic mass is 19.4. The molecule has 0 aliphatic rings. The molecule has 0 bridgehead atoms. The monoisotopic (exact) mass is 381 g/mol. The van der Waals surface area contributed by atoms with Crippen molar-refractivity contribution in [3.05, 3.63) is 53.6 Å². The summed E-state index contributed by atoms with van der Waals surface area (Å²) in [5.41, 5.74) is 1.28. The predicted octanol–water partition coefficient (Wildman–Crippen LogP) is 5.11. The Morgan fingerprint density at radius 1 is 1.15 bits per heavy atom. The molecule has 0 amide bonds. The Labute approximate surface area is 156 Å². The molecule has 0 saturated heterocycles. The number of anilines is 2. The van der Waals surface area contributed by atoms with Crippen LogP contribution in [0.15, 0.2) is 42.5 Å². The molecule has 2 rings (SSSR count). The van der Waals surface area contributed by atoms with E-state index < -0.39 is 23.8 Å². The number of halogens is 3. The molecular formula is C20H22F3NO3. The maximum atomic E-state index is 12.8. The summed E-state index contributed by atoms with van der Waals surface area (Å²) in [7, 11) is 1.77. The zero-order chi connectivity index (χ0) is 20.2. The van der Waals surface area contributed by atoms with Crippen molar-refractivity contribution in [1.82, 2.24) is 0 Å². The number of esters is 1. The average Bonchev–Trinajstić information content (AvgIpc) is 2.61. The fourth-order valence-electron chi connectivity index (χ4n) is 2.61. The first-order chi connectivity index (χ1) is 12.6. The van der Waals surface area contributed by atoms with Gasteiger partial charge in [-0.3, -0.25) is 0 Å². The second-order valence-corrected chi connectivity index (χ2v) is 6.06. The number of hydrogen-bond donors (Lipinski definition) is 0. The van der Waals surface area contributed by atoms with E-state index in [4.69, 9.17) is 9.47 Å². The van der Waals surface area contributed by atoms with E-state index in [-0.39, 0.29) is 6.61 Å². The summed E-state index contributed by atoms with van der Waals surface area (Å²) in [4.78, 5) is 13.4. The van der Waals surface area contributed by atoms with Crippen molar-refractivity contribution in [2.24, 2.45) is 0 Å². The fourth-order valence-corrected chi connectivity index (χ4v) is 2.61. The van der Waals surface area contributed by atoms with Crippen LogP contribution in [0.3, 0.4) is 0 Å². The smallest absolute Gasteiger partial charge is 0.416 e. The van der Waals surface area contributed by atoms with Crippen molar-refractivity contribution in [1.29, 1.82) is 0 Å². The number of rotatable bonds is 6. The van der Waals surface area contributed by atoms with Gasteiger partial charge in [-0.1, -0.05) is 0 Å². The lowest BCUT2D eigenvalue weighted by Gasteiger charge is -2.23. The van der Waals surface area contributed by atoms with E-state index in [0.29, 0.717) is 17.0 Å². The Hall–Kier alpha value is -2.70. The van der Waals surface area contributed by atoms with E-state index in [1.54, 1.807) is 57.0 Å². The Kier molecular flexibility index (Phi) is 6.36. The van der Waals surface area contributed by atoms with E-state index in [1.807, 2.05) is 0 Å². The molecule has 2 aromatic carbocycles. The second-order valence-electron chi connectivity index (χ2n) is 6.06. The molecule has 0 aromatic heterocycles. The van der Waals surface area contributed by atoms with E-state index >= 15 is 0 Å². The van der Waals surface area contributed by atoms with Crippen LogP contribution in [0.2, 0.25) is 0 Å². The molecule has 0 N–H and O–H groups in total. The third-order valence-corrected chi connectivity index (χ3v) is 4.04. The van der Waals surface area contributed by atoms with Crippen LogP contribution in [-0.2, 0) is 15.7 Å². The van der Waals surface area contributed by atoms with Crippen molar-refractivity contribution in [3.63, 3.8) is 0 Å². The zero-order valence-electron chi connectivity index (χ0n) is 15.6. The second kappa shape index (κ2) is 8.33. The average molecular weight is 381 g/mol. The van der Waals surface area contributed by atoms with Gasteiger partial charge in [-0.05, 0) is 68.8 Å². The van der Waals surface area contributed by atoms with Gasteiger partial charge in [0.1, 0.15) is 5.75 Å². The molecular weight excluding hydrogens is 359 g/mol. The van der Waals surface area contributed by atoms with Gasteiger partial charge in [0.25, 0.3) is 0 Å². The highest BCUT2D eigenvalue weighted by Crippen LogP contribution is 2.34. The molecule has 0 fully saturated rings. The summed E-state index contributed by atoms with van der Waals surface area (Å²) in [6.45, 7) is 5.24. The maximum absolute atomic E-state index is 12.8. The van der Waals surface area contributed by atoms with Crippen molar-refractivity contribution in [2.75, 3.05) is 18.6 Å². The summed E-state index contributed by atoms with van der Waals surface area (Å²) >= 11 is 0. The van der Waals surface area contributed by atoms with Crippen LogP contribution in [0.4, 0.5) is 24.5 Å². The summed E-state index contributed by atoms with van der Waals surface area (Å²) in [5.74, 6) is 0.0518. The number of carbonyl (C=O) groups excluding carboxylic acids is 1. The molecule has 1 unspecified atom stereocenters. The number of alkyl halides is 3. The van der Waals surface area contributed by atoms with Gasteiger partial charge in [0, 0.05) is 18.4 Å². The third kappa shape index (κ3) is 5.15. The number of hydrogen-bond acceptors (Lipinski definition) is 4. The molecule has 4 nitrogen and oxygen atoms in total. The number of ether oxygens (including phenoxy) is 2. The van der Waals surface area contributed by atoms with Crippen LogP contribution >= 0.6 is 0 Å². The van der Waals surface area contributed by atoms with Gasteiger partial charge in [-0.2, -0.15) is 13.2 Å². The molecule has 0 spiro atoms. The standard InChI is InChI=1S/C20H22F3NO3/c1-5-26-19(25)14(3)27-17-9-7-16(8-10-17)24(4)18-11-6-15(12-13(18)2)20(21,22)23/h6-12,14H,5H2,1-4H3. The quantitative estimate of drug-likeness (QED) is 0.652. The molecule has 2 aromatic rings. The van der Waals surface area contributed by atoms with E-state index in [0.717, 1.165) is 17.8 Å². The van der Waals surface area contributed by atoms with Gasteiger partial charge in [0.2, 0.25) is 0 Å². The topological polar surface area (TPSA) is 38.8 Å². The van der Waals surface area contributed by atoms with Crippen LogP contribution in [0.5, 0.6) is 5.75 Å². The summed E-state index contributed by atoms with van der Waals surface area (Å²) < 4.78 is 48.9. The fraction of sp³-hybridized carbons (Fsp3) is 0.350. The first-order valence-corrected chi connectivity index (χ1v) is 8.48. The first-order valence-electron chi connectivity index (χ1n) is 8.48. The highest BCUT2D eigenvalue weighted by Gasteiger charge is 2.30. The maximum Gasteiger partial charge on any atom is 0.416 e. The van der Waals surface area contributed by atoms with Gasteiger partial charge in [-0.25, -0.2) is 4.79 Å². The molecule has 1 atom stereocenters. The Morgan fingerprint density at radius 2 is 1.78 bits per heavy atom. The van der Waals surface area contributed by atoms with Gasteiger partial charge >= 0.3 is 12.1 Å². The van der Waals surface area contributed by atoms with Crippen molar-refractivity contribution < 1.29 is 27.4 Å². The lowest BCUT2D eigenvalue weighted by molar-refractivity contribution is -0.150. The molecule has 0 heterocycles. The zero-order valence-corrected chi connectivity index (χ0v) is 15.6. The van der Waals surface area contributed by atoms with E-state index in [9.17, 15) is 18.0 Å². The van der Waals surface area contributed by atoms with Gasteiger partial charge in [0.05, 0.1) is 12.2 Å². The first kappa shape index (κ1) is 20.6. The lowest BCUT2D eigenvalue weighted by Crippen LogP contribution is -2.26. The van der Waals surface area contributed by atoms with Crippen LogP contribution in [0.1, 0.15) is 25.0 Å². The van der Waals surface area contributed by atoms with Gasteiger partial charge < -0.3 is 14.4 Å². The summed E-state index contributed by atoms with van der Waals surface area (Å²) in [6, 6.07) is 10.6. The largest absolute Gasteiger partial charge is 0.479 e. The number of carbonyl (C=O) groups is 1. The van der Waals surface area contributed by atoms with Crippen LogP contribution in [0.25, 0.3) is 0 Å². The number of nitrogens with zero attached hydrogens (tertiary/aromatic N) is 1. The highest BCUT2D eigenvalue weighted by molar-refractivity contribution is 5.74. The normalized spacial score (nSPS) is 12.4. The minimum absolute atomic E-state index is 0.281. The Morgan fingerprint density at radius 3 is 2.30 bits per heavy atom. The minimum atomic E-state index is -4.36. The summed E-state index contributed by atoms with van der Waals surface area (Å²) in [6.07, 6.45) is -5.10.